The Morgan fingerprint density at radius 2 is 2.00 bits per heavy atom. The molecule has 4 rings (SSSR count). The Kier molecular flexibility index (Phi) is 4.37. The molecule has 0 aliphatic rings. The standard InChI is InChI=1S/C20H16FN3O2S/c1-12-17-10-18(19(26)22-15-3-2-4-16(25)9-15)27-20(17)24(23-12)11-13-5-7-14(21)8-6-13/h2-10,25H,11H2,1H3,(H,22,26). The Hall–Kier alpha value is -3.19. The van der Waals surface area contributed by atoms with Gasteiger partial charge in [0.15, 0.2) is 0 Å². The van der Waals surface area contributed by atoms with Crippen LogP contribution in [0.25, 0.3) is 10.2 Å². The van der Waals surface area contributed by atoms with Gasteiger partial charge in [0.2, 0.25) is 0 Å². The second-order valence-electron chi connectivity index (χ2n) is 6.20. The van der Waals surface area contributed by atoms with Gasteiger partial charge in [0.1, 0.15) is 16.4 Å². The molecule has 0 bridgehead atoms. The second kappa shape index (κ2) is 6.85. The van der Waals surface area contributed by atoms with Crippen LogP contribution in [0.1, 0.15) is 20.9 Å². The summed E-state index contributed by atoms with van der Waals surface area (Å²) in [5.41, 5.74) is 2.29. The van der Waals surface area contributed by atoms with Crippen molar-refractivity contribution in [2.24, 2.45) is 0 Å². The maximum atomic E-state index is 13.1. The number of benzene rings is 2. The number of hydrogen-bond donors (Lipinski definition) is 2. The van der Waals surface area contributed by atoms with Gasteiger partial charge < -0.3 is 10.4 Å². The Labute approximate surface area is 158 Å². The van der Waals surface area contributed by atoms with Crippen molar-refractivity contribution in [3.05, 3.63) is 76.5 Å². The number of aromatic nitrogens is 2. The molecule has 2 aromatic heterocycles. The number of nitrogens with zero attached hydrogens (tertiary/aromatic N) is 2. The number of fused-ring (bicyclic) bond motifs is 1. The SMILES string of the molecule is Cc1nn(Cc2ccc(F)cc2)c2sc(C(=O)Nc3cccc(O)c3)cc12. The van der Waals surface area contributed by atoms with E-state index in [1.165, 1.54) is 29.5 Å². The lowest BCUT2D eigenvalue weighted by Gasteiger charge is -2.04. The van der Waals surface area contributed by atoms with Crippen LogP contribution in [0, 0.1) is 12.7 Å². The van der Waals surface area contributed by atoms with E-state index < -0.39 is 0 Å². The van der Waals surface area contributed by atoms with Crippen LogP contribution in [-0.2, 0) is 6.54 Å². The number of carbonyl (C=O) groups is 1. The summed E-state index contributed by atoms with van der Waals surface area (Å²) in [7, 11) is 0. The molecule has 1 amide bonds. The maximum Gasteiger partial charge on any atom is 0.265 e. The number of phenols is 1. The van der Waals surface area contributed by atoms with Crippen molar-refractivity contribution in [3.63, 3.8) is 0 Å². The van der Waals surface area contributed by atoms with Crippen molar-refractivity contribution < 1.29 is 14.3 Å². The molecule has 0 atom stereocenters. The topological polar surface area (TPSA) is 67.2 Å². The van der Waals surface area contributed by atoms with Crippen molar-refractivity contribution in [2.45, 2.75) is 13.5 Å². The zero-order valence-corrected chi connectivity index (χ0v) is 15.3. The fourth-order valence-corrected chi connectivity index (χ4v) is 3.93. The van der Waals surface area contributed by atoms with Gasteiger partial charge in [-0.25, -0.2) is 4.39 Å². The largest absolute Gasteiger partial charge is 0.508 e. The van der Waals surface area contributed by atoms with E-state index in [0.717, 1.165) is 21.5 Å². The van der Waals surface area contributed by atoms with Gasteiger partial charge in [-0.3, -0.25) is 9.48 Å². The Balaban J connectivity index is 1.62. The molecule has 7 heteroatoms. The fourth-order valence-electron chi connectivity index (χ4n) is 2.87. The third-order valence-corrected chi connectivity index (χ3v) is 5.33. The monoisotopic (exact) mass is 381 g/mol. The fraction of sp³-hybridized carbons (Fsp3) is 0.100. The lowest BCUT2D eigenvalue weighted by atomic mass is 10.2. The summed E-state index contributed by atoms with van der Waals surface area (Å²) in [4.78, 5) is 14.0. The molecule has 5 nitrogen and oxygen atoms in total. The highest BCUT2D eigenvalue weighted by molar-refractivity contribution is 7.20. The zero-order valence-electron chi connectivity index (χ0n) is 14.4. The maximum absolute atomic E-state index is 13.1. The van der Waals surface area contributed by atoms with Gasteiger partial charge in [0, 0.05) is 17.1 Å². The van der Waals surface area contributed by atoms with Crippen molar-refractivity contribution in [3.8, 4) is 5.75 Å². The summed E-state index contributed by atoms with van der Waals surface area (Å²) in [6.07, 6.45) is 0. The van der Waals surface area contributed by atoms with Crippen LogP contribution in [-0.4, -0.2) is 20.8 Å². The van der Waals surface area contributed by atoms with Crippen molar-refractivity contribution in [1.82, 2.24) is 9.78 Å². The minimum Gasteiger partial charge on any atom is -0.508 e. The molecule has 136 valence electrons. The Bertz CT molecular complexity index is 1130. The van der Waals surface area contributed by atoms with Gasteiger partial charge >= 0.3 is 0 Å². The number of aryl methyl sites for hydroxylation is 1. The van der Waals surface area contributed by atoms with Gasteiger partial charge in [-0.1, -0.05) is 18.2 Å². The number of aromatic hydroxyl groups is 1. The van der Waals surface area contributed by atoms with Gasteiger partial charge in [-0.2, -0.15) is 5.10 Å². The summed E-state index contributed by atoms with van der Waals surface area (Å²) >= 11 is 1.35. The molecule has 2 heterocycles. The summed E-state index contributed by atoms with van der Waals surface area (Å²) in [5.74, 6) is -0.424. The average molecular weight is 381 g/mol. The lowest BCUT2D eigenvalue weighted by molar-refractivity contribution is 0.103. The van der Waals surface area contributed by atoms with E-state index in [-0.39, 0.29) is 17.5 Å². The number of anilines is 1. The smallest absolute Gasteiger partial charge is 0.265 e. The minimum atomic E-state index is -0.275. The molecule has 0 aliphatic heterocycles. The number of rotatable bonds is 4. The van der Waals surface area contributed by atoms with Crippen LogP contribution < -0.4 is 5.32 Å². The van der Waals surface area contributed by atoms with Crippen LogP contribution in [0.5, 0.6) is 5.75 Å². The number of thiophene rings is 1. The minimum absolute atomic E-state index is 0.0925. The third kappa shape index (κ3) is 3.54. The predicted molar refractivity (Wildman–Crippen MR) is 104 cm³/mol. The number of halogens is 1. The van der Waals surface area contributed by atoms with Crippen molar-refractivity contribution in [2.75, 3.05) is 5.32 Å². The van der Waals surface area contributed by atoms with E-state index in [1.807, 2.05) is 17.7 Å². The molecule has 4 aromatic rings. The number of carbonyl (C=O) groups excluding carboxylic acids is 1. The first-order valence-electron chi connectivity index (χ1n) is 8.31. The first-order valence-corrected chi connectivity index (χ1v) is 9.13. The quantitative estimate of drug-likeness (QED) is 0.545. The van der Waals surface area contributed by atoms with Gasteiger partial charge in [0.05, 0.1) is 17.1 Å². The molecule has 0 radical (unpaired) electrons. The van der Waals surface area contributed by atoms with E-state index in [9.17, 15) is 14.3 Å². The summed E-state index contributed by atoms with van der Waals surface area (Å²) in [6.45, 7) is 2.39. The first-order chi connectivity index (χ1) is 13.0. The zero-order chi connectivity index (χ0) is 19.0. The summed E-state index contributed by atoms with van der Waals surface area (Å²) in [6, 6.07) is 14.5. The molecule has 2 aromatic carbocycles. The molecule has 0 unspecified atom stereocenters. The van der Waals surface area contributed by atoms with E-state index in [2.05, 4.69) is 10.4 Å². The summed E-state index contributed by atoms with van der Waals surface area (Å²) < 4.78 is 14.9. The Morgan fingerprint density at radius 3 is 2.74 bits per heavy atom. The van der Waals surface area contributed by atoms with Crippen molar-refractivity contribution in [1.29, 1.82) is 0 Å². The van der Waals surface area contributed by atoms with Crippen LogP contribution >= 0.6 is 11.3 Å². The molecule has 0 saturated heterocycles. The van der Waals surface area contributed by atoms with Gasteiger partial charge in [-0.15, -0.1) is 11.3 Å². The highest BCUT2D eigenvalue weighted by Gasteiger charge is 2.17. The first kappa shape index (κ1) is 17.2. The normalized spacial score (nSPS) is 11.0. The van der Waals surface area contributed by atoms with Gasteiger partial charge in [0.25, 0.3) is 5.91 Å². The molecule has 2 N–H and O–H groups in total. The van der Waals surface area contributed by atoms with Crippen molar-refractivity contribution >= 4 is 33.1 Å². The lowest BCUT2D eigenvalue weighted by Crippen LogP contribution is -2.10. The van der Waals surface area contributed by atoms with Crippen LogP contribution in [0.2, 0.25) is 0 Å². The van der Waals surface area contributed by atoms with E-state index in [1.54, 1.807) is 30.3 Å². The van der Waals surface area contributed by atoms with Gasteiger partial charge in [-0.05, 0) is 42.8 Å². The van der Waals surface area contributed by atoms with Crippen LogP contribution in [0.15, 0.2) is 54.6 Å². The number of phenolic OH excluding ortho intramolecular Hbond substituents is 1. The van der Waals surface area contributed by atoms with Crippen LogP contribution in [0.4, 0.5) is 10.1 Å². The van der Waals surface area contributed by atoms with E-state index in [4.69, 9.17) is 0 Å². The third-order valence-electron chi connectivity index (χ3n) is 4.18. The van der Waals surface area contributed by atoms with E-state index >= 15 is 0 Å². The summed E-state index contributed by atoms with van der Waals surface area (Å²) in [5, 5.41) is 17.8. The number of nitrogens with one attached hydrogen (secondary N) is 1. The Morgan fingerprint density at radius 1 is 1.22 bits per heavy atom. The molecular weight excluding hydrogens is 365 g/mol. The highest BCUT2D eigenvalue weighted by Crippen LogP contribution is 2.29. The van der Waals surface area contributed by atoms with Crippen LogP contribution in [0.3, 0.4) is 0 Å². The number of amides is 1. The molecule has 0 spiro atoms. The second-order valence-corrected chi connectivity index (χ2v) is 7.23. The molecule has 27 heavy (non-hydrogen) atoms. The number of hydrogen-bond acceptors (Lipinski definition) is 4. The molecule has 0 fully saturated rings. The average Bonchev–Trinajstić information content (AvgIpc) is 3.19. The molecule has 0 saturated carbocycles. The predicted octanol–water partition coefficient (Wildman–Crippen LogP) is 4.55. The highest BCUT2D eigenvalue weighted by atomic mass is 32.1. The molecular formula is C20H16FN3O2S. The van der Waals surface area contributed by atoms with E-state index in [0.29, 0.717) is 17.1 Å². The molecule has 0 aliphatic carbocycles.